The summed E-state index contributed by atoms with van der Waals surface area (Å²) < 4.78 is 13.1. The third-order valence-electron chi connectivity index (χ3n) is 3.83. The fourth-order valence-corrected chi connectivity index (χ4v) is 2.98. The Balaban J connectivity index is 1.77. The summed E-state index contributed by atoms with van der Waals surface area (Å²) in [6.45, 7) is 4.57. The topological polar surface area (TPSA) is 74.7 Å². The normalized spacial score (nSPS) is 11.1. The maximum absolute atomic E-state index is 6.21. The summed E-state index contributed by atoms with van der Waals surface area (Å²) in [4.78, 5) is 4.11. The number of ether oxygens (including phenoxy) is 2. The van der Waals surface area contributed by atoms with Gasteiger partial charge < -0.3 is 15.2 Å². The van der Waals surface area contributed by atoms with Crippen molar-refractivity contribution in [2.24, 2.45) is 5.10 Å². The Morgan fingerprint density at radius 2 is 1.96 bits per heavy atom. The Labute approximate surface area is 173 Å². The molecule has 0 atom stereocenters. The number of anilines is 1. The molecular formula is C20H20Cl2N4O2. The highest BCUT2D eigenvalue weighted by molar-refractivity contribution is 6.35. The zero-order chi connectivity index (χ0) is 20.1. The van der Waals surface area contributed by atoms with Crippen LogP contribution in [0.5, 0.6) is 11.5 Å². The van der Waals surface area contributed by atoms with E-state index in [2.05, 4.69) is 10.1 Å². The summed E-state index contributed by atoms with van der Waals surface area (Å²) in [5.41, 5.74) is 8.28. The summed E-state index contributed by atoms with van der Waals surface area (Å²) in [7, 11) is 0. The number of rotatable bonds is 7. The number of hydrogen-bond acceptors (Lipinski definition) is 5. The molecule has 0 saturated carbocycles. The molecule has 8 heteroatoms. The Bertz CT molecular complexity index is 1000. The van der Waals surface area contributed by atoms with E-state index >= 15 is 0 Å². The molecule has 0 aliphatic carbocycles. The van der Waals surface area contributed by atoms with Gasteiger partial charge in [-0.2, -0.15) is 5.10 Å². The van der Waals surface area contributed by atoms with Crippen LogP contribution in [0.25, 0.3) is 0 Å². The highest BCUT2D eigenvalue weighted by atomic mass is 35.5. The van der Waals surface area contributed by atoms with Gasteiger partial charge in [-0.05, 0) is 49.7 Å². The molecule has 0 amide bonds. The highest BCUT2D eigenvalue weighted by Gasteiger charge is 2.09. The molecule has 28 heavy (non-hydrogen) atoms. The van der Waals surface area contributed by atoms with Crippen molar-refractivity contribution in [3.8, 4) is 11.5 Å². The third kappa shape index (κ3) is 4.97. The first-order chi connectivity index (χ1) is 13.5. The lowest BCUT2D eigenvalue weighted by Crippen LogP contribution is -2.01. The second kappa shape index (κ2) is 8.99. The first-order valence-electron chi connectivity index (χ1n) is 8.65. The van der Waals surface area contributed by atoms with Crippen molar-refractivity contribution in [2.75, 3.05) is 12.3 Å². The van der Waals surface area contributed by atoms with E-state index in [1.54, 1.807) is 24.5 Å². The number of imidazole rings is 1. The van der Waals surface area contributed by atoms with Crippen LogP contribution in [0.2, 0.25) is 10.0 Å². The molecule has 3 aromatic rings. The van der Waals surface area contributed by atoms with E-state index in [1.807, 2.05) is 38.1 Å². The summed E-state index contributed by atoms with van der Waals surface area (Å²) in [5.74, 6) is 1.56. The van der Waals surface area contributed by atoms with Gasteiger partial charge in [-0.15, -0.1) is 0 Å². The Hall–Kier alpha value is -2.70. The van der Waals surface area contributed by atoms with Crippen molar-refractivity contribution in [2.45, 2.75) is 20.5 Å². The molecule has 1 heterocycles. The van der Waals surface area contributed by atoms with Crippen molar-refractivity contribution in [1.29, 1.82) is 0 Å². The standard InChI is InChI=1S/C20H20Cl2N4O2/c1-3-27-19-8-14(10-24-26-11-13(2)25-20(26)23)4-7-18(19)28-12-15-5-6-16(21)9-17(15)22/h4-11H,3,12H2,1-2H3,(H2,23,25). The molecule has 0 bridgehead atoms. The lowest BCUT2D eigenvalue weighted by atomic mass is 10.2. The fraction of sp³-hybridized carbons (Fsp3) is 0.200. The average molecular weight is 419 g/mol. The second-order valence-electron chi connectivity index (χ2n) is 5.99. The molecule has 1 aromatic heterocycles. The largest absolute Gasteiger partial charge is 0.490 e. The molecular weight excluding hydrogens is 399 g/mol. The van der Waals surface area contributed by atoms with Crippen LogP contribution in [0.1, 0.15) is 23.7 Å². The van der Waals surface area contributed by atoms with Gasteiger partial charge in [-0.3, -0.25) is 0 Å². The van der Waals surface area contributed by atoms with Crippen molar-refractivity contribution in [3.63, 3.8) is 0 Å². The SMILES string of the molecule is CCOc1cc(C=Nn2cc(C)nc2N)ccc1OCc1ccc(Cl)cc1Cl. The van der Waals surface area contributed by atoms with Crippen LogP contribution in [-0.2, 0) is 6.61 Å². The number of aryl methyl sites for hydroxylation is 1. The number of nitrogens with two attached hydrogens (primary N) is 1. The monoisotopic (exact) mass is 418 g/mol. The van der Waals surface area contributed by atoms with Crippen molar-refractivity contribution in [3.05, 3.63) is 69.5 Å². The van der Waals surface area contributed by atoms with Crippen LogP contribution in [0.15, 0.2) is 47.7 Å². The van der Waals surface area contributed by atoms with Gasteiger partial charge >= 0.3 is 0 Å². The molecule has 0 spiro atoms. The number of nitrogen functional groups attached to an aromatic ring is 1. The summed E-state index contributed by atoms with van der Waals surface area (Å²) in [6.07, 6.45) is 3.43. The van der Waals surface area contributed by atoms with Crippen molar-refractivity contribution in [1.82, 2.24) is 9.66 Å². The van der Waals surface area contributed by atoms with E-state index in [0.29, 0.717) is 40.7 Å². The van der Waals surface area contributed by atoms with Crippen LogP contribution in [0.3, 0.4) is 0 Å². The highest BCUT2D eigenvalue weighted by Crippen LogP contribution is 2.30. The summed E-state index contributed by atoms with van der Waals surface area (Å²) >= 11 is 12.1. The Kier molecular flexibility index (Phi) is 6.44. The van der Waals surface area contributed by atoms with E-state index in [-0.39, 0.29) is 0 Å². The first-order valence-corrected chi connectivity index (χ1v) is 9.41. The van der Waals surface area contributed by atoms with Crippen LogP contribution < -0.4 is 15.2 Å². The second-order valence-corrected chi connectivity index (χ2v) is 6.84. The first kappa shape index (κ1) is 20.0. The maximum atomic E-state index is 6.21. The predicted octanol–water partition coefficient (Wildman–Crippen LogP) is 4.94. The minimum absolute atomic E-state index is 0.300. The molecule has 6 nitrogen and oxygen atoms in total. The number of benzene rings is 2. The molecule has 146 valence electrons. The van der Waals surface area contributed by atoms with Gasteiger partial charge in [-0.1, -0.05) is 29.3 Å². The molecule has 0 aliphatic rings. The van der Waals surface area contributed by atoms with Crippen LogP contribution >= 0.6 is 23.2 Å². The smallest absolute Gasteiger partial charge is 0.221 e. The van der Waals surface area contributed by atoms with Gasteiger partial charge in [0.15, 0.2) is 11.5 Å². The van der Waals surface area contributed by atoms with Crippen LogP contribution in [0, 0.1) is 6.92 Å². The van der Waals surface area contributed by atoms with Crippen LogP contribution in [0.4, 0.5) is 5.95 Å². The van der Waals surface area contributed by atoms with Crippen molar-refractivity contribution >= 4 is 35.4 Å². The molecule has 0 unspecified atom stereocenters. The number of aromatic nitrogens is 2. The molecule has 3 rings (SSSR count). The Morgan fingerprint density at radius 1 is 1.14 bits per heavy atom. The fourth-order valence-electron chi connectivity index (χ4n) is 2.51. The van der Waals surface area contributed by atoms with E-state index in [9.17, 15) is 0 Å². The van der Waals surface area contributed by atoms with Crippen molar-refractivity contribution < 1.29 is 9.47 Å². The number of halogens is 2. The molecule has 0 fully saturated rings. The molecule has 2 aromatic carbocycles. The zero-order valence-corrected chi connectivity index (χ0v) is 17.0. The van der Waals surface area contributed by atoms with Gasteiger partial charge in [0.05, 0.1) is 24.7 Å². The molecule has 2 N–H and O–H groups in total. The zero-order valence-electron chi connectivity index (χ0n) is 15.5. The van der Waals surface area contributed by atoms with Gasteiger partial charge in [0.25, 0.3) is 0 Å². The Morgan fingerprint density at radius 3 is 2.64 bits per heavy atom. The quantitative estimate of drug-likeness (QED) is 0.551. The minimum atomic E-state index is 0.300. The third-order valence-corrected chi connectivity index (χ3v) is 4.42. The maximum Gasteiger partial charge on any atom is 0.221 e. The van der Waals surface area contributed by atoms with Gasteiger partial charge in [0.2, 0.25) is 5.95 Å². The molecule has 0 aliphatic heterocycles. The molecule has 0 saturated heterocycles. The number of nitrogens with zero attached hydrogens (tertiary/aromatic N) is 3. The van der Waals surface area contributed by atoms with Gasteiger partial charge in [0, 0.05) is 15.6 Å². The number of hydrogen-bond donors (Lipinski definition) is 1. The van der Waals surface area contributed by atoms with Crippen LogP contribution in [-0.4, -0.2) is 22.5 Å². The van der Waals surface area contributed by atoms with E-state index in [4.69, 9.17) is 38.4 Å². The van der Waals surface area contributed by atoms with E-state index in [0.717, 1.165) is 16.8 Å². The lowest BCUT2D eigenvalue weighted by Gasteiger charge is -2.13. The van der Waals surface area contributed by atoms with Gasteiger partial charge in [-0.25, -0.2) is 9.66 Å². The lowest BCUT2D eigenvalue weighted by molar-refractivity contribution is 0.269. The van der Waals surface area contributed by atoms with E-state index < -0.39 is 0 Å². The average Bonchev–Trinajstić information content (AvgIpc) is 2.98. The van der Waals surface area contributed by atoms with E-state index in [1.165, 1.54) is 4.68 Å². The molecule has 0 radical (unpaired) electrons. The summed E-state index contributed by atoms with van der Waals surface area (Å²) in [6, 6.07) is 10.9. The van der Waals surface area contributed by atoms with Gasteiger partial charge in [0.1, 0.15) is 6.61 Å². The summed E-state index contributed by atoms with van der Waals surface area (Å²) in [5, 5.41) is 5.46. The predicted molar refractivity (Wildman–Crippen MR) is 113 cm³/mol. The minimum Gasteiger partial charge on any atom is -0.490 e.